The zero-order valence-corrected chi connectivity index (χ0v) is 20.1. The smallest absolute Gasteiger partial charge is 0.302 e. The Morgan fingerprint density at radius 1 is 1.25 bits per heavy atom. The van der Waals surface area contributed by atoms with Gasteiger partial charge in [0, 0.05) is 24.9 Å². The van der Waals surface area contributed by atoms with Crippen molar-refractivity contribution in [3.63, 3.8) is 0 Å². The van der Waals surface area contributed by atoms with Crippen LogP contribution in [0.4, 0.5) is 5.82 Å². The first kappa shape index (κ1) is 23.3. The van der Waals surface area contributed by atoms with Crippen molar-refractivity contribution in [2.45, 2.75) is 45.7 Å². The predicted octanol–water partition coefficient (Wildman–Crippen LogP) is 3.01. The van der Waals surface area contributed by atoms with Crippen molar-refractivity contribution in [3.8, 4) is 22.6 Å². The number of carbonyl (C=O) groups is 2. The Labute approximate surface area is 206 Å². The van der Waals surface area contributed by atoms with Crippen LogP contribution in [-0.2, 0) is 9.53 Å². The number of aromatic nitrogens is 8. The Kier molecular flexibility index (Phi) is 6.23. The topological polar surface area (TPSA) is 143 Å². The fourth-order valence-corrected chi connectivity index (χ4v) is 3.75. The van der Waals surface area contributed by atoms with Crippen LogP contribution in [0.3, 0.4) is 0 Å². The third kappa shape index (κ3) is 4.97. The van der Waals surface area contributed by atoms with Crippen LogP contribution in [0.1, 0.15) is 54.8 Å². The molecule has 1 fully saturated rings. The Morgan fingerprint density at radius 2 is 2.08 bits per heavy atom. The molecule has 1 unspecified atom stereocenters. The first-order valence-electron chi connectivity index (χ1n) is 11.6. The average molecular weight is 488 g/mol. The summed E-state index contributed by atoms with van der Waals surface area (Å²) in [5.41, 5.74) is 3.53. The van der Waals surface area contributed by atoms with Gasteiger partial charge in [-0.2, -0.15) is 5.10 Å². The molecular formula is C24H25N9O3. The molecule has 4 aromatic rings. The van der Waals surface area contributed by atoms with E-state index in [0.29, 0.717) is 23.4 Å². The highest BCUT2D eigenvalue weighted by Crippen LogP contribution is 2.35. The first-order chi connectivity index (χ1) is 17.4. The fourth-order valence-electron chi connectivity index (χ4n) is 3.75. The summed E-state index contributed by atoms with van der Waals surface area (Å²) in [7, 11) is 0. The lowest BCUT2D eigenvalue weighted by Crippen LogP contribution is -2.17. The van der Waals surface area contributed by atoms with Crippen molar-refractivity contribution in [1.82, 2.24) is 40.0 Å². The molecule has 0 bridgehead atoms. The quantitative estimate of drug-likeness (QED) is 0.371. The number of pyridine rings is 2. The molecule has 12 nitrogen and oxygen atoms in total. The average Bonchev–Trinajstić information content (AvgIpc) is 3.38. The van der Waals surface area contributed by atoms with E-state index in [2.05, 4.69) is 35.9 Å². The first-order valence-corrected chi connectivity index (χ1v) is 11.6. The molecule has 1 atom stereocenters. The van der Waals surface area contributed by atoms with Crippen LogP contribution in [0.15, 0.2) is 42.9 Å². The number of rotatable bonds is 8. The lowest BCUT2D eigenvalue weighted by molar-refractivity contribution is -0.142. The Balaban J connectivity index is 1.34. The van der Waals surface area contributed by atoms with Crippen molar-refractivity contribution < 1.29 is 14.3 Å². The van der Waals surface area contributed by atoms with E-state index < -0.39 is 5.91 Å². The van der Waals surface area contributed by atoms with Crippen LogP contribution in [0, 0.1) is 6.92 Å². The molecule has 0 aliphatic heterocycles. The number of aryl methyl sites for hydroxylation is 1. The lowest BCUT2D eigenvalue weighted by atomic mass is 10.0. The number of anilines is 1. The zero-order chi connectivity index (χ0) is 25.2. The van der Waals surface area contributed by atoms with Gasteiger partial charge in [-0.15, -0.1) is 5.10 Å². The summed E-state index contributed by atoms with van der Waals surface area (Å²) in [6.07, 6.45) is 7.81. The molecule has 12 heteroatoms. The minimum absolute atomic E-state index is 0.116. The number of nitrogens with one attached hydrogen (secondary N) is 1. The molecule has 1 aliphatic rings. The molecule has 184 valence electrons. The van der Waals surface area contributed by atoms with E-state index in [1.54, 1.807) is 30.5 Å². The molecule has 5 rings (SSSR count). The fraction of sp³-hybridized carbons (Fsp3) is 0.333. The summed E-state index contributed by atoms with van der Waals surface area (Å²) in [6.45, 7) is 5.23. The number of hydrogen-bond acceptors (Lipinski definition) is 9. The highest BCUT2D eigenvalue weighted by Gasteiger charge is 2.25. The second kappa shape index (κ2) is 9.64. The molecule has 0 saturated heterocycles. The van der Waals surface area contributed by atoms with Gasteiger partial charge < -0.3 is 10.1 Å². The van der Waals surface area contributed by atoms with Gasteiger partial charge in [0.05, 0.1) is 18.3 Å². The summed E-state index contributed by atoms with van der Waals surface area (Å²) in [6, 6.07) is 7.09. The molecule has 1 amide bonds. The van der Waals surface area contributed by atoms with Gasteiger partial charge in [0.1, 0.15) is 23.8 Å². The molecule has 4 heterocycles. The second-order valence-corrected chi connectivity index (χ2v) is 8.79. The molecule has 1 N–H and O–H groups in total. The van der Waals surface area contributed by atoms with E-state index in [1.807, 2.05) is 30.9 Å². The minimum atomic E-state index is -0.390. The monoisotopic (exact) mass is 487 g/mol. The molecule has 0 spiro atoms. The summed E-state index contributed by atoms with van der Waals surface area (Å²) >= 11 is 0. The standard InChI is InChI=1S/C24H25N9O3/c1-14-10-25-21(9-19(14)17-11-26-32(12-17)18-7-8-18)24(35)28-22-6-4-5-20(27-22)23-29-30-31-33(23)15(2)13-36-16(3)34/h4-6,9-12,15,18H,7-8,13H2,1-3H3,(H,27,28,35). The lowest BCUT2D eigenvalue weighted by Gasteiger charge is -2.13. The maximum absolute atomic E-state index is 13.0. The van der Waals surface area contributed by atoms with Crippen LogP contribution >= 0.6 is 0 Å². The van der Waals surface area contributed by atoms with E-state index in [9.17, 15) is 9.59 Å². The zero-order valence-electron chi connectivity index (χ0n) is 20.1. The minimum Gasteiger partial charge on any atom is -0.464 e. The largest absolute Gasteiger partial charge is 0.464 e. The number of amides is 1. The van der Waals surface area contributed by atoms with Gasteiger partial charge in [-0.05, 0) is 66.4 Å². The maximum Gasteiger partial charge on any atom is 0.302 e. The predicted molar refractivity (Wildman–Crippen MR) is 129 cm³/mol. The third-order valence-electron chi connectivity index (χ3n) is 5.83. The second-order valence-electron chi connectivity index (χ2n) is 8.79. The van der Waals surface area contributed by atoms with E-state index in [4.69, 9.17) is 4.74 Å². The number of ether oxygens (including phenoxy) is 1. The van der Waals surface area contributed by atoms with Crippen LogP contribution in [-0.4, -0.2) is 58.4 Å². The molecule has 0 radical (unpaired) electrons. The van der Waals surface area contributed by atoms with E-state index in [-0.39, 0.29) is 24.3 Å². The number of carbonyl (C=O) groups excluding carboxylic acids is 2. The molecular weight excluding hydrogens is 462 g/mol. The van der Waals surface area contributed by atoms with Crippen molar-refractivity contribution >= 4 is 17.7 Å². The van der Waals surface area contributed by atoms with Crippen LogP contribution in [0.25, 0.3) is 22.6 Å². The van der Waals surface area contributed by atoms with Crippen molar-refractivity contribution in [2.75, 3.05) is 11.9 Å². The van der Waals surface area contributed by atoms with E-state index in [0.717, 1.165) is 29.5 Å². The van der Waals surface area contributed by atoms with Gasteiger partial charge in [-0.1, -0.05) is 6.07 Å². The maximum atomic E-state index is 13.0. The number of nitrogens with zero attached hydrogens (tertiary/aromatic N) is 8. The van der Waals surface area contributed by atoms with Crippen molar-refractivity contribution in [2.24, 2.45) is 0 Å². The van der Waals surface area contributed by atoms with Gasteiger partial charge in [0.15, 0.2) is 0 Å². The van der Waals surface area contributed by atoms with Crippen molar-refractivity contribution in [1.29, 1.82) is 0 Å². The molecule has 4 aromatic heterocycles. The van der Waals surface area contributed by atoms with Crippen molar-refractivity contribution in [3.05, 3.63) is 54.1 Å². The summed E-state index contributed by atoms with van der Waals surface area (Å²) in [5, 5.41) is 19.0. The highest BCUT2D eigenvalue weighted by atomic mass is 16.5. The summed E-state index contributed by atoms with van der Waals surface area (Å²) in [5.74, 6) is -0.0680. The highest BCUT2D eigenvalue weighted by molar-refractivity contribution is 6.03. The Hall–Kier alpha value is -4.48. The van der Waals surface area contributed by atoms with Gasteiger partial charge in [-0.25, -0.2) is 9.67 Å². The molecule has 36 heavy (non-hydrogen) atoms. The molecule has 0 aromatic carbocycles. The summed E-state index contributed by atoms with van der Waals surface area (Å²) < 4.78 is 8.56. The van der Waals surface area contributed by atoms with Crippen LogP contribution in [0.2, 0.25) is 0 Å². The SMILES string of the molecule is CC(=O)OCC(C)n1nnnc1-c1cccc(NC(=O)c2cc(-c3cnn(C4CC4)c3)c(C)cn2)n1. The summed E-state index contributed by atoms with van der Waals surface area (Å²) in [4.78, 5) is 33.0. The Morgan fingerprint density at radius 3 is 2.86 bits per heavy atom. The van der Waals surface area contributed by atoms with Crippen LogP contribution in [0.5, 0.6) is 0 Å². The van der Waals surface area contributed by atoms with Crippen LogP contribution < -0.4 is 5.32 Å². The van der Waals surface area contributed by atoms with Gasteiger partial charge >= 0.3 is 5.97 Å². The number of tetrazole rings is 1. The van der Waals surface area contributed by atoms with Gasteiger partial charge in [0.25, 0.3) is 5.91 Å². The molecule has 1 saturated carbocycles. The normalized spacial score (nSPS) is 13.9. The Bertz CT molecular complexity index is 1420. The third-order valence-corrected chi connectivity index (χ3v) is 5.83. The number of hydrogen-bond donors (Lipinski definition) is 1. The van der Waals surface area contributed by atoms with Gasteiger partial charge in [0.2, 0.25) is 5.82 Å². The molecule has 1 aliphatic carbocycles. The number of esters is 1. The van der Waals surface area contributed by atoms with E-state index >= 15 is 0 Å². The van der Waals surface area contributed by atoms with E-state index in [1.165, 1.54) is 11.6 Å². The van der Waals surface area contributed by atoms with Gasteiger partial charge in [-0.3, -0.25) is 19.3 Å².